The molecule has 0 aromatic heterocycles. The van der Waals surface area contributed by atoms with Crippen LogP contribution in [0.15, 0.2) is 24.3 Å². The van der Waals surface area contributed by atoms with E-state index in [0.717, 1.165) is 31.2 Å². The number of amides is 1. The molecule has 0 radical (unpaired) electrons. The van der Waals surface area contributed by atoms with E-state index < -0.39 is 6.04 Å². The summed E-state index contributed by atoms with van der Waals surface area (Å²) in [6, 6.07) is 7.04. The van der Waals surface area contributed by atoms with Crippen LogP contribution in [0.25, 0.3) is 0 Å². The molecule has 1 aliphatic carbocycles. The van der Waals surface area contributed by atoms with Gasteiger partial charge in [-0.1, -0.05) is 49.1 Å². The van der Waals surface area contributed by atoms with E-state index in [2.05, 4.69) is 0 Å². The van der Waals surface area contributed by atoms with E-state index in [1.54, 1.807) is 23.6 Å². The average Bonchev–Trinajstić information content (AvgIpc) is 3.07. The van der Waals surface area contributed by atoms with Crippen LogP contribution >= 0.6 is 23.4 Å². The quantitative estimate of drug-likeness (QED) is 0.724. The average molecular weight is 382 g/mol. The van der Waals surface area contributed by atoms with Crippen molar-refractivity contribution in [3.63, 3.8) is 0 Å². The molecule has 3 rings (SSSR count). The molecule has 1 amide bonds. The molecule has 1 saturated carbocycles. The molecule has 1 saturated heterocycles. The van der Waals surface area contributed by atoms with Crippen molar-refractivity contribution in [3.05, 3.63) is 34.9 Å². The summed E-state index contributed by atoms with van der Waals surface area (Å²) in [6.07, 6.45) is 5.17. The van der Waals surface area contributed by atoms with Crippen molar-refractivity contribution in [2.75, 3.05) is 12.4 Å². The Kier molecular flexibility index (Phi) is 6.29. The topological polar surface area (TPSA) is 46.6 Å². The van der Waals surface area contributed by atoms with Gasteiger partial charge < -0.3 is 9.64 Å². The first-order chi connectivity index (χ1) is 12.1. The second-order valence-corrected chi connectivity index (χ2v) is 8.08. The second kappa shape index (κ2) is 8.45. The predicted octanol–water partition coefficient (Wildman–Crippen LogP) is 4.43. The van der Waals surface area contributed by atoms with Gasteiger partial charge in [0.25, 0.3) is 0 Å². The number of hydrogen-bond acceptors (Lipinski definition) is 4. The molecular formula is C19H24ClNO3S. The van der Waals surface area contributed by atoms with Gasteiger partial charge in [0.05, 0.1) is 6.61 Å². The highest BCUT2D eigenvalue weighted by molar-refractivity contribution is 7.99. The molecule has 1 aromatic carbocycles. The molecule has 2 aliphatic rings. The fraction of sp³-hybridized carbons (Fsp3) is 0.579. The Morgan fingerprint density at radius 2 is 1.96 bits per heavy atom. The minimum Gasteiger partial charge on any atom is -0.464 e. The van der Waals surface area contributed by atoms with Crippen molar-refractivity contribution in [2.24, 2.45) is 5.92 Å². The number of nitrogens with zero attached hydrogens (tertiary/aromatic N) is 1. The number of carbonyl (C=O) groups excluding carboxylic acids is 2. The number of rotatable bonds is 4. The van der Waals surface area contributed by atoms with Crippen LogP contribution in [0.2, 0.25) is 5.02 Å². The van der Waals surface area contributed by atoms with Crippen LogP contribution in [0, 0.1) is 5.92 Å². The molecule has 1 heterocycles. The Morgan fingerprint density at radius 1 is 1.24 bits per heavy atom. The van der Waals surface area contributed by atoms with Gasteiger partial charge in [0, 0.05) is 22.3 Å². The standard InChI is InChI=1S/C19H24ClNO3S/c1-2-24-19(23)16-12-25-18(14-10-6-7-11-15(14)20)21(16)17(22)13-8-4-3-5-9-13/h6-7,10-11,13,16,18H,2-5,8-9,12H2,1H3. The summed E-state index contributed by atoms with van der Waals surface area (Å²) in [5.41, 5.74) is 0.894. The third-order valence-electron chi connectivity index (χ3n) is 4.94. The number of benzene rings is 1. The maximum Gasteiger partial charge on any atom is 0.329 e. The molecule has 0 bridgehead atoms. The molecule has 0 N–H and O–H groups in total. The molecule has 25 heavy (non-hydrogen) atoms. The van der Waals surface area contributed by atoms with Gasteiger partial charge in [0.15, 0.2) is 0 Å². The van der Waals surface area contributed by atoms with E-state index in [4.69, 9.17) is 16.3 Å². The largest absolute Gasteiger partial charge is 0.464 e. The first-order valence-electron chi connectivity index (χ1n) is 8.98. The van der Waals surface area contributed by atoms with Crippen LogP contribution < -0.4 is 0 Å². The Labute approximate surface area is 158 Å². The maximum atomic E-state index is 13.3. The normalized spacial score (nSPS) is 24.3. The first-order valence-corrected chi connectivity index (χ1v) is 10.4. The number of hydrogen-bond donors (Lipinski definition) is 0. The lowest BCUT2D eigenvalue weighted by atomic mass is 9.88. The molecule has 2 atom stereocenters. The predicted molar refractivity (Wildman–Crippen MR) is 100 cm³/mol. The van der Waals surface area contributed by atoms with Crippen molar-refractivity contribution < 1.29 is 14.3 Å². The minimum absolute atomic E-state index is 0.00867. The summed E-state index contributed by atoms with van der Waals surface area (Å²) < 4.78 is 5.23. The zero-order valence-corrected chi connectivity index (χ0v) is 16.0. The number of esters is 1. The van der Waals surface area contributed by atoms with Crippen LogP contribution in [0.5, 0.6) is 0 Å². The van der Waals surface area contributed by atoms with E-state index in [1.165, 1.54) is 6.42 Å². The number of halogens is 1. The van der Waals surface area contributed by atoms with Gasteiger partial charge in [-0.3, -0.25) is 4.79 Å². The summed E-state index contributed by atoms with van der Waals surface area (Å²) >= 11 is 7.97. The lowest BCUT2D eigenvalue weighted by Gasteiger charge is -2.33. The summed E-state index contributed by atoms with van der Waals surface area (Å²) in [5, 5.41) is 0.406. The smallest absolute Gasteiger partial charge is 0.329 e. The Hall–Kier alpha value is -1.20. The van der Waals surface area contributed by atoms with Gasteiger partial charge in [-0.05, 0) is 25.8 Å². The summed E-state index contributed by atoms with van der Waals surface area (Å²) in [6.45, 7) is 2.11. The molecule has 1 aliphatic heterocycles. The first kappa shape index (κ1) is 18.6. The molecule has 0 spiro atoms. The Balaban J connectivity index is 1.90. The highest BCUT2D eigenvalue weighted by Crippen LogP contribution is 2.45. The maximum absolute atomic E-state index is 13.3. The molecule has 4 nitrogen and oxygen atoms in total. The molecule has 2 unspecified atom stereocenters. The van der Waals surface area contributed by atoms with Crippen molar-refractivity contribution in [3.8, 4) is 0 Å². The van der Waals surface area contributed by atoms with E-state index >= 15 is 0 Å². The molecule has 6 heteroatoms. The molecule has 1 aromatic rings. The number of ether oxygens (including phenoxy) is 1. The highest BCUT2D eigenvalue weighted by atomic mass is 35.5. The van der Waals surface area contributed by atoms with Crippen LogP contribution in [0.1, 0.15) is 50.0 Å². The minimum atomic E-state index is -0.527. The SMILES string of the molecule is CCOC(=O)C1CSC(c2ccccc2Cl)N1C(=O)C1CCCCC1. The fourth-order valence-corrected chi connectivity index (χ4v) is 5.43. The van der Waals surface area contributed by atoms with Crippen molar-refractivity contribution in [1.82, 2.24) is 4.90 Å². The van der Waals surface area contributed by atoms with Gasteiger partial charge in [0.1, 0.15) is 11.4 Å². The Bertz CT molecular complexity index is 633. The third kappa shape index (κ3) is 3.98. The lowest BCUT2D eigenvalue weighted by molar-refractivity contribution is -0.155. The zero-order valence-electron chi connectivity index (χ0n) is 14.4. The monoisotopic (exact) mass is 381 g/mol. The summed E-state index contributed by atoms with van der Waals surface area (Å²) in [7, 11) is 0. The summed E-state index contributed by atoms with van der Waals surface area (Å²) in [5.74, 6) is 0.323. The van der Waals surface area contributed by atoms with Gasteiger partial charge >= 0.3 is 5.97 Å². The van der Waals surface area contributed by atoms with Crippen LogP contribution in [0.3, 0.4) is 0 Å². The molecular weight excluding hydrogens is 358 g/mol. The second-order valence-electron chi connectivity index (χ2n) is 6.56. The van der Waals surface area contributed by atoms with Crippen molar-refractivity contribution in [1.29, 1.82) is 0 Å². The third-order valence-corrected chi connectivity index (χ3v) is 6.59. The number of thioether (sulfide) groups is 1. The van der Waals surface area contributed by atoms with Crippen LogP contribution in [0.4, 0.5) is 0 Å². The summed E-state index contributed by atoms with van der Waals surface area (Å²) in [4.78, 5) is 27.5. The zero-order chi connectivity index (χ0) is 17.8. The van der Waals surface area contributed by atoms with Crippen LogP contribution in [-0.4, -0.2) is 35.2 Å². The van der Waals surface area contributed by atoms with Crippen molar-refractivity contribution in [2.45, 2.75) is 50.4 Å². The molecule has 2 fully saturated rings. The Morgan fingerprint density at radius 3 is 2.64 bits per heavy atom. The highest BCUT2D eigenvalue weighted by Gasteiger charge is 2.45. The lowest BCUT2D eigenvalue weighted by Crippen LogP contribution is -2.46. The van der Waals surface area contributed by atoms with Crippen LogP contribution in [-0.2, 0) is 14.3 Å². The van der Waals surface area contributed by atoms with E-state index in [1.807, 2.05) is 24.3 Å². The van der Waals surface area contributed by atoms with Crippen molar-refractivity contribution >= 4 is 35.2 Å². The van der Waals surface area contributed by atoms with E-state index in [9.17, 15) is 9.59 Å². The fourth-order valence-electron chi connectivity index (χ4n) is 3.67. The van der Waals surface area contributed by atoms with Gasteiger partial charge in [0.2, 0.25) is 5.91 Å². The van der Waals surface area contributed by atoms with Gasteiger partial charge in [-0.25, -0.2) is 4.79 Å². The van der Waals surface area contributed by atoms with Gasteiger partial charge in [-0.2, -0.15) is 0 Å². The van der Waals surface area contributed by atoms with E-state index in [-0.39, 0.29) is 23.2 Å². The van der Waals surface area contributed by atoms with E-state index in [0.29, 0.717) is 17.4 Å². The van der Waals surface area contributed by atoms with Gasteiger partial charge in [-0.15, -0.1) is 11.8 Å². The number of carbonyl (C=O) groups is 2. The molecule has 136 valence electrons.